The van der Waals surface area contributed by atoms with E-state index in [0.717, 1.165) is 10.4 Å². The molecule has 0 saturated heterocycles. The quantitative estimate of drug-likeness (QED) is 0.491. The molecule has 0 atom stereocenters. The van der Waals surface area contributed by atoms with Crippen molar-refractivity contribution in [1.29, 1.82) is 0 Å². The van der Waals surface area contributed by atoms with Gasteiger partial charge in [0.15, 0.2) is 0 Å². The van der Waals surface area contributed by atoms with E-state index >= 15 is 0 Å². The highest BCUT2D eigenvalue weighted by atomic mass is 14.1. The zero-order chi connectivity index (χ0) is 9.54. The molecular formula is C14H9. The maximum absolute atomic E-state index is 4.01. The third-order valence-corrected chi connectivity index (χ3v) is 2.63. The average Bonchev–Trinajstić information content (AvgIpc) is 2.59. The molecule has 0 spiro atoms. The Morgan fingerprint density at radius 2 is 1.64 bits per heavy atom. The van der Waals surface area contributed by atoms with Gasteiger partial charge in [0.05, 0.1) is 0 Å². The van der Waals surface area contributed by atoms with Crippen LogP contribution in [0.2, 0.25) is 0 Å². The minimum atomic E-state index is 1.05. The van der Waals surface area contributed by atoms with E-state index in [0.29, 0.717) is 0 Å². The highest BCUT2D eigenvalue weighted by Crippen LogP contribution is 2.24. The van der Waals surface area contributed by atoms with Gasteiger partial charge in [-0.1, -0.05) is 49.0 Å². The van der Waals surface area contributed by atoms with Gasteiger partial charge in [-0.15, -0.1) is 0 Å². The standard InChI is InChI=1S/C14H9/c1-10-5-4-8-13-12-7-3-2-6-11(12)9-14(10)13/h2-8H,1H2. The van der Waals surface area contributed by atoms with E-state index in [1.807, 2.05) is 18.2 Å². The normalized spacial score (nSPS) is 11.7. The molecule has 0 bridgehead atoms. The predicted octanol–water partition coefficient (Wildman–Crippen LogP) is 1.78. The summed E-state index contributed by atoms with van der Waals surface area (Å²) in [6.07, 6.45) is 3.38. The van der Waals surface area contributed by atoms with Crippen LogP contribution in [0.5, 0.6) is 0 Å². The SMILES string of the molecule is C=c1cccc2c1=[C]c1ccccc1-2. The lowest BCUT2D eigenvalue weighted by Gasteiger charge is -1.98. The number of rotatable bonds is 0. The zero-order valence-electron chi connectivity index (χ0n) is 7.75. The molecule has 2 aromatic rings. The van der Waals surface area contributed by atoms with Gasteiger partial charge in [0, 0.05) is 0 Å². The number of hydrogen-bond acceptors (Lipinski definition) is 0. The number of fused-ring (bicyclic) bond motifs is 3. The van der Waals surface area contributed by atoms with E-state index in [4.69, 9.17) is 0 Å². The van der Waals surface area contributed by atoms with Crippen LogP contribution in [0.1, 0.15) is 5.56 Å². The molecule has 1 aliphatic rings. The molecule has 2 aromatic carbocycles. The molecule has 0 nitrogen and oxygen atoms in total. The smallest absolute Gasteiger partial charge is 0.000786 e. The number of hydrogen-bond donors (Lipinski definition) is 0. The Morgan fingerprint density at radius 3 is 2.57 bits per heavy atom. The van der Waals surface area contributed by atoms with E-state index < -0.39 is 0 Å². The van der Waals surface area contributed by atoms with Crippen LogP contribution in [0.25, 0.3) is 23.8 Å². The molecular weight excluding hydrogens is 168 g/mol. The van der Waals surface area contributed by atoms with Crippen LogP contribution in [-0.4, -0.2) is 0 Å². The maximum Gasteiger partial charge on any atom is -0.000786 e. The summed E-state index contributed by atoms with van der Waals surface area (Å²) in [5, 5.41) is 2.20. The van der Waals surface area contributed by atoms with Crippen LogP contribution in [0.3, 0.4) is 0 Å². The second-order valence-corrected chi connectivity index (χ2v) is 3.51. The monoisotopic (exact) mass is 177 g/mol. The van der Waals surface area contributed by atoms with Crippen molar-refractivity contribution in [3.63, 3.8) is 0 Å². The molecule has 65 valence electrons. The minimum Gasteiger partial charge on any atom is -0.0911 e. The first-order valence-corrected chi connectivity index (χ1v) is 4.67. The Balaban J connectivity index is 2.51. The van der Waals surface area contributed by atoms with E-state index in [1.54, 1.807) is 0 Å². The minimum absolute atomic E-state index is 1.05. The van der Waals surface area contributed by atoms with Crippen LogP contribution in [0.15, 0.2) is 42.5 Å². The van der Waals surface area contributed by atoms with Gasteiger partial charge >= 0.3 is 0 Å². The van der Waals surface area contributed by atoms with Crippen LogP contribution in [0.4, 0.5) is 0 Å². The van der Waals surface area contributed by atoms with Crippen molar-refractivity contribution in [3.8, 4) is 11.1 Å². The fraction of sp³-hybridized carbons (Fsp3) is 0. The maximum atomic E-state index is 4.01. The first-order chi connectivity index (χ1) is 6.86. The Morgan fingerprint density at radius 1 is 0.857 bits per heavy atom. The summed E-state index contributed by atoms with van der Waals surface area (Å²) < 4.78 is 0. The second kappa shape index (κ2) is 2.58. The molecule has 1 radical (unpaired) electrons. The van der Waals surface area contributed by atoms with Crippen molar-refractivity contribution < 1.29 is 0 Å². The van der Waals surface area contributed by atoms with E-state index in [-0.39, 0.29) is 0 Å². The average molecular weight is 177 g/mol. The summed E-state index contributed by atoms with van der Waals surface area (Å²) in [6, 6.07) is 14.5. The lowest BCUT2D eigenvalue weighted by Crippen LogP contribution is -2.22. The van der Waals surface area contributed by atoms with Crippen molar-refractivity contribution in [2.24, 2.45) is 0 Å². The predicted molar refractivity (Wildman–Crippen MR) is 59.2 cm³/mol. The second-order valence-electron chi connectivity index (χ2n) is 3.51. The van der Waals surface area contributed by atoms with Crippen LogP contribution in [-0.2, 0) is 0 Å². The van der Waals surface area contributed by atoms with Gasteiger partial charge in [-0.2, -0.15) is 0 Å². The summed E-state index contributed by atoms with van der Waals surface area (Å²) in [6.45, 7) is 4.01. The summed E-state index contributed by atoms with van der Waals surface area (Å²) >= 11 is 0. The molecule has 0 aromatic heterocycles. The summed E-state index contributed by atoms with van der Waals surface area (Å²) in [7, 11) is 0. The molecule has 14 heavy (non-hydrogen) atoms. The van der Waals surface area contributed by atoms with Crippen molar-refractivity contribution >= 4 is 12.7 Å². The summed E-state index contributed by atoms with van der Waals surface area (Å²) in [5.41, 5.74) is 3.71. The van der Waals surface area contributed by atoms with E-state index in [2.05, 4.69) is 36.9 Å². The van der Waals surface area contributed by atoms with Gasteiger partial charge in [-0.25, -0.2) is 0 Å². The van der Waals surface area contributed by atoms with Gasteiger partial charge in [-0.3, -0.25) is 0 Å². The fourth-order valence-corrected chi connectivity index (χ4v) is 1.93. The Hall–Kier alpha value is -1.82. The molecule has 0 heteroatoms. The van der Waals surface area contributed by atoms with Gasteiger partial charge in [0.2, 0.25) is 0 Å². The molecule has 1 aliphatic carbocycles. The van der Waals surface area contributed by atoms with Crippen molar-refractivity contribution in [3.05, 3.63) is 58.5 Å². The van der Waals surface area contributed by atoms with Gasteiger partial charge in [0.25, 0.3) is 0 Å². The van der Waals surface area contributed by atoms with Gasteiger partial charge in [-0.05, 0) is 33.2 Å². The van der Waals surface area contributed by atoms with Crippen molar-refractivity contribution in [2.75, 3.05) is 0 Å². The molecule has 0 saturated carbocycles. The molecule has 0 aliphatic heterocycles. The van der Waals surface area contributed by atoms with Crippen LogP contribution < -0.4 is 10.4 Å². The molecule has 0 unspecified atom stereocenters. The third kappa shape index (κ3) is 0.882. The summed E-state index contributed by atoms with van der Waals surface area (Å²) in [5.74, 6) is 0. The van der Waals surface area contributed by atoms with Crippen LogP contribution >= 0.6 is 0 Å². The Bertz CT molecular complexity index is 606. The first-order valence-electron chi connectivity index (χ1n) is 4.67. The molecule has 0 fully saturated rings. The summed E-state index contributed by atoms with van der Waals surface area (Å²) in [4.78, 5) is 0. The van der Waals surface area contributed by atoms with Crippen molar-refractivity contribution in [1.82, 2.24) is 0 Å². The molecule has 0 N–H and O–H groups in total. The topological polar surface area (TPSA) is 0 Å². The highest BCUT2D eigenvalue weighted by Gasteiger charge is 2.10. The van der Waals surface area contributed by atoms with E-state index in [1.165, 1.54) is 16.7 Å². The largest absolute Gasteiger partial charge is 0.0911 e. The Kier molecular flexibility index (Phi) is 1.40. The first kappa shape index (κ1) is 7.57. The third-order valence-electron chi connectivity index (χ3n) is 2.63. The van der Waals surface area contributed by atoms with Gasteiger partial charge in [0.1, 0.15) is 0 Å². The number of benzene rings is 2. The molecule has 0 amide bonds. The van der Waals surface area contributed by atoms with Crippen molar-refractivity contribution in [2.45, 2.75) is 0 Å². The van der Waals surface area contributed by atoms with E-state index in [9.17, 15) is 0 Å². The lowest BCUT2D eigenvalue weighted by atomic mass is 10.1. The molecule has 0 heterocycles. The highest BCUT2D eigenvalue weighted by molar-refractivity contribution is 5.82. The van der Waals surface area contributed by atoms with Gasteiger partial charge < -0.3 is 0 Å². The Labute approximate surface area is 82.8 Å². The molecule has 3 rings (SSSR count). The lowest BCUT2D eigenvalue weighted by molar-refractivity contribution is 1.55. The zero-order valence-corrected chi connectivity index (χ0v) is 7.75. The van der Waals surface area contributed by atoms with Crippen LogP contribution in [0, 0.1) is 0 Å². The fourth-order valence-electron chi connectivity index (χ4n) is 1.93.